The van der Waals surface area contributed by atoms with Crippen LogP contribution in [0.2, 0.25) is 0 Å². The van der Waals surface area contributed by atoms with Crippen molar-refractivity contribution < 1.29 is 25.2 Å². The van der Waals surface area contributed by atoms with Crippen LogP contribution in [0.1, 0.15) is 98.8 Å². The molecule has 0 aliphatic heterocycles. The lowest BCUT2D eigenvalue weighted by Gasteiger charge is -2.63. The monoisotopic (exact) mass is 488 g/mol. The van der Waals surface area contributed by atoms with Crippen LogP contribution < -0.4 is 0 Å². The number of aliphatic carboxylic acids is 1. The molecule has 5 aliphatic carbocycles. The van der Waals surface area contributed by atoms with Crippen molar-refractivity contribution >= 4 is 5.97 Å². The zero-order valence-corrected chi connectivity index (χ0v) is 22.5. The number of aliphatic hydroxyl groups excluding tert-OH is 3. The quantitative estimate of drug-likeness (QED) is 0.402. The lowest BCUT2D eigenvalue weighted by Crippen LogP contribution is -2.61. The van der Waals surface area contributed by atoms with Crippen molar-refractivity contribution in [3.8, 4) is 0 Å². The van der Waals surface area contributed by atoms with Crippen LogP contribution in [0, 0.1) is 50.7 Å². The molecule has 11 atom stereocenters. The maximum atomic E-state index is 12.5. The van der Waals surface area contributed by atoms with Gasteiger partial charge in [-0.3, -0.25) is 4.79 Å². The highest BCUT2D eigenvalue weighted by Gasteiger charge is 2.66. The van der Waals surface area contributed by atoms with Gasteiger partial charge in [-0.05, 0) is 111 Å². The normalized spacial score (nSPS) is 55.9. The maximum Gasteiger partial charge on any atom is 0.312 e. The van der Waals surface area contributed by atoms with Gasteiger partial charge in [0, 0.05) is 5.41 Å². The van der Waals surface area contributed by atoms with Crippen LogP contribution >= 0.6 is 0 Å². The third-order valence-electron chi connectivity index (χ3n) is 13.1. The van der Waals surface area contributed by atoms with E-state index in [-0.39, 0.29) is 34.7 Å². The predicted octanol–water partition coefficient (Wildman–Crippen LogP) is 5.18. The molecule has 0 aromatic carbocycles. The molecule has 0 aromatic rings. The van der Waals surface area contributed by atoms with E-state index in [1.165, 1.54) is 0 Å². The fourth-order valence-corrected chi connectivity index (χ4v) is 11.0. The molecular formula is C30H48O5. The topological polar surface area (TPSA) is 98.0 Å². The Morgan fingerprint density at radius 3 is 2.17 bits per heavy atom. The van der Waals surface area contributed by atoms with Gasteiger partial charge in [-0.2, -0.15) is 0 Å². The fraction of sp³-hybridized carbons (Fsp3) is 0.900. The molecular weight excluding hydrogens is 440 g/mol. The highest BCUT2D eigenvalue weighted by atomic mass is 16.4. The summed E-state index contributed by atoms with van der Waals surface area (Å²) < 4.78 is 0. The molecule has 5 nitrogen and oxygen atoms in total. The molecule has 0 aromatic heterocycles. The summed E-state index contributed by atoms with van der Waals surface area (Å²) in [5, 5.41) is 42.4. The zero-order chi connectivity index (χ0) is 25.6. The number of hydrogen-bond acceptors (Lipinski definition) is 4. The van der Waals surface area contributed by atoms with Crippen molar-refractivity contribution in [2.75, 3.05) is 6.61 Å². The van der Waals surface area contributed by atoms with Crippen LogP contribution in [0.3, 0.4) is 0 Å². The number of carbonyl (C=O) groups is 1. The molecule has 5 heteroatoms. The van der Waals surface area contributed by atoms with Crippen molar-refractivity contribution in [1.29, 1.82) is 0 Å². The summed E-state index contributed by atoms with van der Waals surface area (Å²) in [7, 11) is 0. The Morgan fingerprint density at radius 2 is 1.51 bits per heavy atom. The third-order valence-corrected chi connectivity index (χ3v) is 13.1. The molecule has 4 fully saturated rings. The molecule has 5 rings (SSSR count). The van der Waals surface area contributed by atoms with Gasteiger partial charge in [0.05, 0.1) is 24.2 Å². The Labute approximate surface area is 211 Å². The van der Waals surface area contributed by atoms with Gasteiger partial charge in [0.15, 0.2) is 0 Å². The SMILES string of the molecule is C[C@@]12CC[C@H]3[C@](C)(CC[C@H](O)[C@]3(C)C(=O)O)[C@@H]1CC[C@H]1C(=CC[C@@H]3[C@]1(C)CC[C@@H](O)[C@]3(C)CO)C2. The van der Waals surface area contributed by atoms with Crippen molar-refractivity contribution in [3.05, 3.63) is 11.6 Å². The van der Waals surface area contributed by atoms with Gasteiger partial charge in [0.25, 0.3) is 0 Å². The molecule has 198 valence electrons. The number of fused-ring (bicyclic) bond motifs is 6. The second kappa shape index (κ2) is 8.04. The van der Waals surface area contributed by atoms with E-state index in [0.717, 1.165) is 57.8 Å². The molecule has 35 heavy (non-hydrogen) atoms. The predicted molar refractivity (Wildman–Crippen MR) is 135 cm³/mol. The van der Waals surface area contributed by atoms with Gasteiger partial charge in [-0.1, -0.05) is 39.3 Å². The van der Waals surface area contributed by atoms with E-state index in [2.05, 4.69) is 33.8 Å². The van der Waals surface area contributed by atoms with E-state index in [0.29, 0.717) is 18.3 Å². The van der Waals surface area contributed by atoms with Crippen molar-refractivity contribution in [2.24, 2.45) is 50.7 Å². The average molecular weight is 489 g/mol. The van der Waals surface area contributed by atoms with Crippen molar-refractivity contribution in [3.63, 3.8) is 0 Å². The van der Waals surface area contributed by atoms with Crippen LogP contribution in [0.25, 0.3) is 0 Å². The largest absolute Gasteiger partial charge is 0.481 e. The summed E-state index contributed by atoms with van der Waals surface area (Å²) in [6.07, 6.45) is 10.6. The number of carboxylic acid groups (broad SMARTS) is 1. The van der Waals surface area contributed by atoms with Crippen molar-refractivity contribution in [1.82, 2.24) is 0 Å². The van der Waals surface area contributed by atoms with Gasteiger partial charge >= 0.3 is 5.97 Å². The Hall–Kier alpha value is -0.910. The number of rotatable bonds is 2. The summed E-state index contributed by atoms with van der Waals surface area (Å²) in [4.78, 5) is 12.5. The Morgan fingerprint density at radius 1 is 0.857 bits per heavy atom. The van der Waals surface area contributed by atoms with Gasteiger partial charge in [-0.25, -0.2) is 0 Å². The van der Waals surface area contributed by atoms with Gasteiger partial charge in [-0.15, -0.1) is 0 Å². The first kappa shape index (κ1) is 25.7. The minimum atomic E-state index is -1.08. The first-order chi connectivity index (χ1) is 16.3. The second-order valence-corrected chi connectivity index (χ2v) is 14.5. The molecule has 0 amide bonds. The lowest BCUT2D eigenvalue weighted by atomic mass is 9.41. The maximum absolute atomic E-state index is 12.5. The first-order valence-electron chi connectivity index (χ1n) is 14.2. The van der Waals surface area contributed by atoms with E-state index in [9.17, 15) is 25.2 Å². The van der Waals surface area contributed by atoms with Gasteiger partial charge < -0.3 is 20.4 Å². The second-order valence-electron chi connectivity index (χ2n) is 14.5. The number of allylic oxidation sites excluding steroid dienone is 2. The van der Waals surface area contributed by atoms with E-state index in [4.69, 9.17) is 0 Å². The summed E-state index contributed by atoms with van der Waals surface area (Å²) in [5.74, 6) is 0.327. The number of hydrogen-bond donors (Lipinski definition) is 4. The summed E-state index contributed by atoms with van der Waals surface area (Å²) in [6.45, 7) is 11.2. The molecule has 0 saturated heterocycles. The Balaban J connectivity index is 1.51. The molecule has 0 unspecified atom stereocenters. The van der Waals surface area contributed by atoms with E-state index in [1.807, 2.05) is 0 Å². The van der Waals surface area contributed by atoms with Crippen LogP contribution in [0.4, 0.5) is 0 Å². The molecule has 0 radical (unpaired) electrons. The van der Waals surface area contributed by atoms with Crippen LogP contribution in [0.5, 0.6) is 0 Å². The third kappa shape index (κ3) is 3.26. The Bertz CT molecular complexity index is 914. The van der Waals surface area contributed by atoms with Gasteiger partial charge in [0.2, 0.25) is 0 Å². The molecule has 0 bridgehead atoms. The summed E-state index contributed by atoms with van der Waals surface area (Å²) in [5.41, 5.74) is 0.179. The van der Waals surface area contributed by atoms with E-state index < -0.39 is 29.0 Å². The minimum absolute atomic E-state index is 0.00530. The standard InChI is InChI=1S/C30H48O5/c1-26-13-10-22-28(3,15-12-24(33)30(22,5)25(34)35)20(26)9-7-19-18(16-26)6-8-21-27(19,2)14-11-23(32)29(21,4)17-31/h6,19-24,31-33H,7-17H2,1-5H3,(H,34,35)/t19-,20+,21+,22-,23+,24-,26-,27+,28+,29+,30+/m0/s1. The smallest absolute Gasteiger partial charge is 0.312 e. The lowest BCUT2D eigenvalue weighted by molar-refractivity contribution is -0.199. The van der Waals surface area contributed by atoms with Crippen LogP contribution in [-0.4, -0.2) is 45.2 Å². The van der Waals surface area contributed by atoms with E-state index in [1.54, 1.807) is 12.5 Å². The Kier molecular flexibility index (Phi) is 5.91. The highest BCUT2D eigenvalue weighted by Crippen LogP contribution is 2.70. The fourth-order valence-electron chi connectivity index (χ4n) is 11.0. The van der Waals surface area contributed by atoms with Crippen LogP contribution in [-0.2, 0) is 4.79 Å². The van der Waals surface area contributed by atoms with E-state index >= 15 is 0 Å². The highest BCUT2D eigenvalue weighted by molar-refractivity contribution is 5.76. The molecule has 4 N–H and O–H groups in total. The van der Waals surface area contributed by atoms with Crippen molar-refractivity contribution in [2.45, 2.75) is 111 Å². The minimum Gasteiger partial charge on any atom is -0.481 e. The van der Waals surface area contributed by atoms with Crippen LogP contribution in [0.15, 0.2) is 11.6 Å². The summed E-state index contributed by atoms with van der Waals surface area (Å²) in [6, 6.07) is 0. The first-order valence-corrected chi connectivity index (χ1v) is 14.2. The van der Waals surface area contributed by atoms with Gasteiger partial charge in [0.1, 0.15) is 0 Å². The molecule has 0 spiro atoms. The number of carboxylic acids is 1. The zero-order valence-electron chi connectivity index (χ0n) is 22.5. The average Bonchev–Trinajstić information content (AvgIpc) is 2.96. The molecule has 4 saturated carbocycles. The summed E-state index contributed by atoms with van der Waals surface area (Å²) >= 11 is 0. The molecule has 5 aliphatic rings. The number of aliphatic hydroxyl groups is 3. The molecule has 0 heterocycles.